The van der Waals surface area contributed by atoms with Crippen molar-refractivity contribution in [1.29, 1.82) is 0 Å². The monoisotopic (exact) mass is 464 g/mol. The Labute approximate surface area is 205 Å². The van der Waals surface area contributed by atoms with Crippen LogP contribution in [0, 0.1) is 19.3 Å². The van der Waals surface area contributed by atoms with Gasteiger partial charge in [0.2, 0.25) is 0 Å². The fourth-order valence-corrected chi connectivity index (χ4v) is 4.39. The molecule has 2 rings (SSSR count). The minimum Gasteiger partial charge on any atom is -0.463 e. The zero-order chi connectivity index (χ0) is 25.7. The number of ether oxygens (including phenoxy) is 2. The summed E-state index contributed by atoms with van der Waals surface area (Å²) in [5.41, 5.74) is 5.72. The Morgan fingerprint density at radius 1 is 0.882 bits per heavy atom. The van der Waals surface area contributed by atoms with Crippen molar-refractivity contribution in [2.75, 3.05) is 6.61 Å². The van der Waals surface area contributed by atoms with Gasteiger partial charge in [-0.05, 0) is 101 Å². The molecule has 0 heterocycles. The number of carbonyl (C=O) groups excluding carboxylic acids is 2. The normalized spacial score (nSPS) is 12.4. The minimum atomic E-state index is -0.555. The summed E-state index contributed by atoms with van der Waals surface area (Å²) in [5.74, 6) is 0.0526. The molecule has 0 aliphatic heterocycles. The molecule has 2 aromatic carbocycles. The molecule has 0 aliphatic rings. The van der Waals surface area contributed by atoms with E-state index in [9.17, 15) is 9.59 Å². The van der Waals surface area contributed by atoms with Crippen molar-refractivity contribution in [3.63, 3.8) is 0 Å². The van der Waals surface area contributed by atoms with Crippen LogP contribution in [0.15, 0.2) is 42.5 Å². The van der Waals surface area contributed by atoms with Crippen molar-refractivity contribution >= 4 is 17.5 Å². The van der Waals surface area contributed by atoms with Crippen molar-refractivity contribution in [3.8, 4) is 5.75 Å². The topological polar surface area (TPSA) is 52.6 Å². The Balaban J connectivity index is 2.47. The van der Waals surface area contributed by atoms with Gasteiger partial charge in [0.25, 0.3) is 0 Å². The highest BCUT2D eigenvalue weighted by molar-refractivity contribution is 5.91. The predicted molar refractivity (Wildman–Crippen MR) is 139 cm³/mol. The second kappa shape index (κ2) is 11.0. The molecule has 0 fully saturated rings. The number of carbonyl (C=O) groups is 2. The van der Waals surface area contributed by atoms with Crippen LogP contribution >= 0.6 is 0 Å². The second-order valence-corrected chi connectivity index (χ2v) is 10.0. The van der Waals surface area contributed by atoms with Crippen molar-refractivity contribution in [1.82, 2.24) is 0 Å². The molecule has 34 heavy (non-hydrogen) atoms. The van der Waals surface area contributed by atoms with Gasteiger partial charge in [-0.15, -0.1) is 0 Å². The van der Waals surface area contributed by atoms with Crippen LogP contribution < -0.4 is 4.74 Å². The quantitative estimate of drug-likeness (QED) is 0.233. The van der Waals surface area contributed by atoms with Crippen LogP contribution in [0.5, 0.6) is 5.75 Å². The van der Waals surface area contributed by atoms with Crippen LogP contribution in [0.3, 0.4) is 0 Å². The van der Waals surface area contributed by atoms with Gasteiger partial charge in [-0.1, -0.05) is 44.2 Å². The van der Waals surface area contributed by atoms with E-state index in [1.165, 1.54) is 11.1 Å². The molecule has 0 atom stereocenters. The molecule has 0 radical (unpaired) electrons. The van der Waals surface area contributed by atoms with E-state index >= 15 is 0 Å². The number of hydrogen-bond acceptors (Lipinski definition) is 4. The van der Waals surface area contributed by atoms with E-state index in [4.69, 9.17) is 9.47 Å². The molecular formula is C30H40O4. The third-order valence-corrected chi connectivity index (χ3v) is 6.57. The third-order valence-electron chi connectivity index (χ3n) is 6.57. The first kappa shape index (κ1) is 27.4. The molecule has 4 nitrogen and oxygen atoms in total. The first-order valence-electron chi connectivity index (χ1n) is 12.2. The summed E-state index contributed by atoms with van der Waals surface area (Å²) in [7, 11) is 0. The van der Waals surface area contributed by atoms with Crippen molar-refractivity contribution in [2.45, 2.75) is 80.6 Å². The first-order chi connectivity index (χ1) is 15.9. The number of aryl methyl sites for hydroxylation is 2. The SMILES string of the molecule is CCOC(=O)/C=C(\C)c1ccc(C(CC)(CC)c2ccc(OC(=O)C(C)(C)C)c(C)c2)cc1C. The van der Waals surface area contributed by atoms with E-state index in [1.54, 1.807) is 13.0 Å². The summed E-state index contributed by atoms with van der Waals surface area (Å²) in [5, 5.41) is 0. The predicted octanol–water partition coefficient (Wildman–Crippen LogP) is 7.33. The maximum atomic E-state index is 12.4. The Bertz CT molecular complexity index is 1070. The van der Waals surface area contributed by atoms with Gasteiger partial charge in [-0.2, -0.15) is 0 Å². The molecule has 0 unspecified atom stereocenters. The Morgan fingerprint density at radius 2 is 1.44 bits per heavy atom. The van der Waals surface area contributed by atoms with Gasteiger partial charge in [-0.25, -0.2) is 4.79 Å². The Morgan fingerprint density at radius 3 is 1.91 bits per heavy atom. The number of hydrogen-bond donors (Lipinski definition) is 0. The van der Waals surface area contributed by atoms with E-state index in [0.29, 0.717) is 12.4 Å². The maximum Gasteiger partial charge on any atom is 0.331 e. The lowest BCUT2D eigenvalue weighted by Crippen LogP contribution is -2.27. The summed E-state index contributed by atoms with van der Waals surface area (Å²) < 4.78 is 10.7. The lowest BCUT2D eigenvalue weighted by molar-refractivity contribution is -0.143. The fourth-order valence-electron chi connectivity index (χ4n) is 4.39. The highest BCUT2D eigenvalue weighted by atomic mass is 16.5. The maximum absolute atomic E-state index is 12.4. The van der Waals surface area contributed by atoms with Crippen molar-refractivity contribution in [2.24, 2.45) is 5.41 Å². The molecule has 0 bridgehead atoms. The molecule has 2 aromatic rings. The van der Waals surface area contributed by atoms with Crippen LogP contribution in [0.2, 0.25) is 0 Å². The number of esters is 2. The molecule has 0 spiro atoms. The van der Waals surface area contributed by atoms with Gasteiger partial charge >= 0.3 is 11.9 Å². The van der Waals surface area contributed by atoms with Crippen molar-refractivity contribution in [3.05, 3.63) is 70.3 Å². The summed E-state index contributed by atoms with van der Waals surface area (Å²) in [6.07, 6.45) is 3.42. The Kier molecular flexibility index (Phi) is 8.88. The van der Waals surface area contributed by atoms with Gasteiger partial charge in [0.05, 0.1) is 12.0 Å². The molecule has 0 saturated heterocycles. The third kappa shape index (κ3) is 5.97. The summed E-state index contributed by atoms with van der Waals surface area (Å²) in [6, 6.07) is 12.6. The molecule has 184 valence electrons. The molecular weight excluding hydrogens is 424 g/mol. The number of allylic oxidation sites excluding steroid dienone is 1. The molecule has 0 amide bonds. The van der Waals surface area contributed by atoms with E-state index < -0.39 is 5.41 Å². The van der Waals surface area contributed by atoms with Gasteiger partial charge in [0.15, 0.2) is 0 Å². The number of benzene rings is 2. The van der Waals surface area contributed by atoms with Crippen LogP contribution in [0.1, 0.15) is 89.1 Å². The Hall–Kier alpha value is -2.88. The fraction of sp³-hybridized carbons (Fsp3) is 0.467. The molecule has 4 heteroatoms. The summed E-state index contributed by atoms with van der Waals surface area (Å²) in [6.45, 7) is 18.2. The largest absolute Gasteiger partial charge is 0.463 e. The molecule has 0 N–H and O–H groups in total. The highest BCUT2D eigenvalue weighted by Gasteiger charge is 2.32. The average molecular weight is 465 g/mol. The van der Waals surface area contributed by atoms with Crippen LogP contribution in [0.25, 0.3) is 5.57 Å². The summed E-state index contributed by atoms with van der Waals surface area (Å²) >= 11 is 0. The van der Waals surface area contributed by atoms with Crippen LogP contribution in [-0.4, -0.2) is 18.5 Å². The highest BCUT2D eigenvalue weighted by Crippen LogP contribution is 2.41. The zero-order valence-electron chi connectivity index (χ0n) is 22.3. The van der Waals surface area contributed by atoms with Crippen molar-refractivity contribution < 1.29 is 19.1 Å². The van der Waals surface area contributed by atoms with E-state index in [1.807, 2.05) is 40.7 Å². The standard InChI is InChI=1S/C30H40O4/c1-10-30(11-2,24-14-16-26(22(6)18-24)34-28(32)29(7,8)9)23-13-15-25(20(4)17-23)21(5)19-27(31)33-12-3/h13-19H,10-12H2,1-9H3/b21-19+. The van der Waals surface area contributed by atoms with Crippen LogP contribution in [0.4, 0.5) is 0 Å². The minimum absolute atomic E-state index is 0.167. The molecule has 0 aromatic heterocycles. The van der Waals surface area contributed by atoms with Crippen LogP contribution in [-0.2, 0) is 19.7 Å². The number of rotatable bonds is 8. The van der Waals surface area contributed by atoms with Gasteiger partial charge in [-0.3, -0.25) is 4.79 Å². The van der Waals surface area contributed by atoms with Gasteiger partial charge in [0, 0.05) is 11.5 Å². The molecule has 0 aliphatic carbocycles. The molecule has 0 saturated carbocycles. The summed E-state index contributed by atoms with van der Waals surface area (Å²) in [4.78, 5) is 24.3. The van der Waals surface area contributed by atoms with E-state index in [0.717, 1.165) is 35.1 Å². The zero-order valence-corrected chi connectivity index (χ0v) is 22.3. The second-order valence-electron chi connectivity index (χ2n) is 10.0. The smallest absolute Gasteiger partial charge is 0.331 e. The van der Waals surface area contributed by atoms with E-state index in [-0.39, 0.29) is 17.4 Å². The lowest BCUT2D eigenvalue weighted by atomic mass is 9.69. The van der Waals surface area contributed by atoms with Gasteiger partial charge in [0.1, 0.15) is 5.75 Å². The lowest BCUT2D eigenvalue weighted by Gasteiger charge is -2.34. The first-order valence-corrected chi connectivity index (χ1v) is 12.2. The van der Waals surface area contributed by atoms with E-state index in [2.05, 4.69) is 51.1 Å². The van der Waals surface area contributed by atoms with Gasteiger partial charge < -0.3 is 9.47 Å². The average Bonchev–Trinajstić information content (AvgIpc) is 2.76.